The summed E-state index contributed by atoms with van der Waals surface area (Å²) in [7, 11) is 0. The maximum absolute atomic E-state index is 9.68. The van der Waals surface area contributed by atoms with Crippen molar-refractivity contribution < 1.29 is 30.6 Å². The van der Waals surface area contributed by atoms with Crippen LogP contribution in [-0.4, -0.2) is 43.9 Å². The van der Waals surface area contributed by atoms with E-state index >= 15 is 0 Å². The van der Waals surface area contributed by atoms with Crippen LogP contribution in [0.25, 0.3) is 0 Å². The molecule has 6 nitrogen and oxygen atoms in total. The van der Waals surface area contributed by atoms with Gasteiger partial charge in [-0.15, -0.1) is 0 Å². The van der Waals surface area contributed by atoms with Gasteiger partial charge in [-0.1, -0.05) is 12.1 Å². The van der Waals surface area contributed by atoms with E-state index in [0.29, 0.717) is 12.8 Å². The van der Waals surface area contributed by atoms with E-state index in [1.807, 2.05) is 0 Å². The van der Waals surface area contributed by atoms with Gasteiger partial charge in [-0.25, -0.2) is 0 Å². The summed E-state index contributed by atoms with van der Waals surface area (Å²) in [4.78, 5) is 0. The summed E-state index contributed by atoms with van der Waals surface area (Å²) < 4.78 is 0. The molecule has 0 fully saturated rings. The van der Waals surface area contributed by atoms with Crippen molar-refractivity contribution >= 4 is 0 Å². The van der Waals surface area contributed by atoms with Gasteiger partial charge in [0.25, 0.3) is 0 Å². The predicted octanol–water partition coefficient (Wildman–Crippen LogP) is 1.51. The number of phenols is 4. The topological polar surface area (TPSA) is 121 Å². The molecule has 130 valence electrons. The standard InChI is InChI=1S/C18H22O6/c19-9-13(5-11-1-3-15(21)17(23)7-11)14(10-20)6-12-2-4-16(22)18(24)8-12/h1-4,7-8,13-14,19-24H,5-6,9-10H2/t13-,14-/m1/s1. The molecule has 0 aromatic heterocycles. The Hall–Kier alpha value is -2.44. The second kappa shape index (κ2) is 7.90. The van der Waals surface area contributed by atoms with Crippen molar-refractivity contribution in [3.05, 3.63) is 47.5 Å². The molecule has 24 heavy (non-hydrogen) atoms. The third-order valence-electron chi connectivity index (χ3n) is 4.21. The van der Waals surface area contributed by atoms with Crippen LogP contribution in [0.15, 0.2) is 36.4 Å². The average molecular weight is 334 g/mol. The highest BCUT2D eigenvalue weighted by molar-refractivity contribution is 5.41. The molecular weight excluding hydrogens is 312 g/mol. The Balaban J connectivity index is 2.13. The van der Waals surface area contributed by atoms with E-state index in [-0.39, 0.29) is 48.0 Å². The normalized spacial score (nSPS) is 13.6. The fourth-order valence-corrected chi connectivity index (χ4v) is 2.76. The maximum atomic E-state index is 9.68. The van der Waals surface area contributed by atoms with Gasteiger partial charge >= 0.3 is 0 Å². The molecule has 0 unspecified atom stereocenters. The molecule has 6 N–H and O–H groups in total. The van der Waals surface area contributed by atoms with Crippen LogP contribution < -0.4 is 0 Å². The minimum atomic E-state index is -0.269. The van der Waals surface area contributed by atoms with Crippen molar-refractivity contribution in [2.45, 2.75) is 12.8 Å². The first-order valence-electron chi connectivity index (χ1n) is 7.68. The van der Waals surface area contributed by atoms with E-state index in [1.165, 1.54) is 24.3 Å². The van der Waals surface area contributed by atoms with Gasteiger partial charge in [-0.3, -0.25) is 0 Å². The smallest absolute Gasteiger partial charge is 0.157 e. The Bertz CT molecular complexity index is 626. The van der Waals surface area contributed by atoms with Gasteiger partial charge in [0.2, 0.25) is 0 Å². The van der Waals surface area contributed by atoms with Crippen molar-refractivity contribution in [1.82, 2.24) is 0 Å². The molecule has 0 bridgehead atoms. The molecule has 0 aliphatic rings. The minimum absolute atomic E-state index is 0.156. The lowest BCUT2D eigenvalue weighted by molar-refractivity contribution is 0.119. The zero-order valence-electron chi connectivity index (χ0n) is 13.1. The van der Waals surface area contributed by atoms with E-state index in [2.05, 4.69) is 0 Å². The summed E-state index contributed by atoms with van der Waals surface area (Å²) in [6.07, 6.45) is 0.833. The summed E-state index contributed by atoms with van der Waals surface area (Å²) in [5, 5.41) is 57.2. The van der Waals surface area contributed by atoms with E-state index < -0.39 is 0 Å². The van der Waals surface area contributed by atoms with Crippen LogP contribution in [0.2, 0.25) is 0 Å². The Kier molecular flexibility index (Phi) is 5.89. The van der Waals surface area contributed by atoms with Crippen LogP contribution in [0.5, 0.6) is 23.0 Å². The summed E-state index contributed by atoms with van der Waals surface area (Å²) in [6.45, 7) is -0.312. The first-order valence-corrected chi connectivity index (χ1v) is 7.68. The molecule has 2 aromatic rings. The molecule has 0 saturated heterocycles. The fraction of sp³-hybridized carbons (Fsp3) is 0.333. The summed E-state index contributed by atoms with van der Waals surface area (Å²) in [5.74, 6) is -1.42. The Morgan fingerprint density at radius 3 is 1.25 bits per heavy atom. The SMILES string of the molecule is OC[C@@H](Cc1ccc(O)c(O)c1)[C@@H](CO)Cc1ccc(O)c(O)c1. The Morgan fingerprint density at radius 2 is 0.958 bits per heavy atom. The van der Waals surface area contributed by atoms with Gasteiger partial charge < -0.3 is 30.6 Å². The van der Waals surface area contributed by atoms with Crippen LogP contribution in [0.1, 0.15) is 11.1 Å². The van der Waals surface area contributed by atoms with Crippen LogP contribution in [0, 0.1) is 11.8 Å². The number of aliphatic hydroxyl groups is 2. The molecule has 0 radical (unpaired) electrons. The molecule has 2 aromatic carbocycles. The lowest BCUT2D eigenvalue weighted by atomic mass is 9.83. The zero-order chi connectivity index (χ0) is 17.7. The van der Waals surface area contributed by atoms with Crippen LogP contribution in [0.3, 0.4) is 0 Å². The van der Waals surface area contributed by atoms with Crippen molar-refractivity contribution in [2.75, 3.05) is 13.2 Å². The van der Waals surface area contributed by atoms with Gasteiger partial charge in [0, 0.05) is 13.2 Å². The first-order chi connectivity index (χ1) is 11.4. The molecule has 0 spiro atoms. The molecular formula is C18H22O6. The van der Waals surface area contributed by atoms with Crippen molar-refractivity contribution in [3.63, 3.8) is 0 Å². The molecule has 0 amide bonds. The highest BCUT2D eigenvalue weighted by Crippen LogP contribution is 2.30. The maximum Gasteiger partial charge on any atom is 0.157 e. The van der Waals surface area contributed by atoms with Crippen molar-refractivity contribution in [1.29, 1.82) is 0 Å². The molecule has 6 heteroatoms. The van der Waals surface area contributed by atoms with E-state index in [4.69, 9.17) is 0 Å². The number of aromatic hydroxyl groups is 4. The van der Waals surface area contributed by atoms with Gasteiger partial charge in [0.1, 0.15) is 0 Å². The molecule has 0 heterocycles. The van der Waals surface area contributed by atoms with Crippen LogP contribution in [-0.2, 0) is 12.8 Å². The largest absolute Gasteiger partial charge is 0.504 e. The number of benzene rings is 2. The Morgan fingerprint density at radius 1 is 0.583 bits per heavy atom. The molecule has 2 atom stereocenters. The summed E-state index contributed by atoms with van der Waals surface area (Å²) in [5.41, 5.74) is 1.47. The van der Waals surface area contributed by atoms with Gasteiger partial charge in [-0.2, -0.15) is 0 Å². The fourth-order valence-electron chi connectivity index (χ4n) is 2.76. The van der Waals surface area contributed by atoms with Gasteiger partial charge in [0.15, 0.2) is 23.0 Å². The molecule has 0 saturated carbocycles. The lowest BCUT2D eigenvalue weighted by Crippen LogP contribution is -2.26. The number of phenolic OH excluding ortho intramolecular Hbond substituents is 4. The minimum Gasteiger partial charge on any atom is -0.504 e. The molecule has 0 aliphatic carbocycles. The zero-order valence-corrected chi connectivity index (χ0v) is 13.1. The average Bonchev–Trinajstić information content (AvgIpc) is 2.57. The molecule has 2 rings (SSSR count). The third kappa shape index (κ3) is 4.31. The number of hydrogen-bond acceptors (Lipinski definition) is 6. The number of aliphatic hydroxyl groups excluding tert-OH is 2. The van der Waals surface area contributed by atoms with Gasteiger partial charge in [-0.05, 0) is 60.1 Å². The van der Waals surface area contributed by atoms with Crippen LogP contribution in [0.4, 0.5) is 0 Å². The monoisotopic (exact) mass is 334 g/mol. The highest BCUT2D eigenvalue weighted by Gasteiger charge is 2.22. The quantitative estimate of drug-likeness (QED) is 0.427. The predicted molar refractivity (Wildman–Crippen MR) is 88.1 cm³/mol. The van der Waals surface area contributed by atoms with E-state index in [0.717, 1.165) is 11.1 Å². The summed E-state index contributed by atoms with van der Waals surface area (Å²) >= 11 is 0. The van der Waals surface area contributed by atoms with Gasteiger partial charge in [0.05, 0.1) is 0 Å². The van der Waals surface area contributed by atoms with Crippen molar-refractivity contribution in [2.24, 2.45) is 11.8 Å². The lowest BCUT2D eigenvalue weighted by Gasteiger charge is -2.24. The van der Waals surface area contributed by atoms with E-state index in [9.17, 15) is 30.6 Å². The highest BCUT2D eigenvalue weighted by atomic mass is 16.3. The number of hydrogen-bond donors (Lipinski definition) is 6. The number of rotatable bonds is 7. The second-order valence-electron chi connectivity index (χ2n) is 5.94. The summed E-state index contributed by atoms with van der Waals surface area (Å²) in [6, 6.07) is 8.92. The second-order valence-corrected chi connectivity index (χ2v) is 5.94. The third-order valence-corrected chi connectivity index (χ3v) is 4.21. The van der Waals surface area contributed by atoms with Crippen molar-refractivity contribution in [3.8, 4) is 23.0 Å². The Labute approximate surface area is 139 Å². The van der Waals surface area contributed by atoms with E-state index in [1.54, 1.807) is 12.1 Å². The molecule has 0 aliphatic heterocycles. The first kappa shape index (κ1) is 17.9. The van der Waals surface area contributed by atoms with Crippen LogP contribution >= 0.6 is 0 Å².